The van der Waals surface area contributed by atoms with E-state index in [1.54, 1.807) is 11.3 Å². The zero-order valence-electron chi connectivity index (χ0n) is 12.6. The van der Waals surface area contributed by atoms with Crippen LogP contribution in [0.2, 0.25) is 0 Å². The number of hydrogen-bond donors (Lipinski definition) is 1. The van der Waals surface area contributed by atoms with Crippen molar-refractivity contribution in [2.75, 3.05) is 5.32 Å². The van der Waals surface area contributed by atoms with E-state index in [1.165, 1.54) is 0 Å². The summed E-state index contributed by atoms with van der Waals surface area (Å²) in [6.07, 6.45) is 1.25. The van der Waals surface area contributed by atoms with Crippen LogP contribution >= 0.6 is 11.3 Å². The summed E-state index contributed by atoms with van der Waals surface area (Å²) in [5, 5.41) is 5.91. The number of anilines is 1. The van der Waals surface area contributed by atoms with E-state index in [0.29, 0.717) is 12.8 Å². The lowest BCUT2D eigenvalue weighted by molar-refractivity contribution is -0.116. The molecular weight excluding hydrogens is 284 g/mol. The van der Waals surface area contributed by atoms with Crippen LogP contribution in [-0.2, 0) is 11.2 Å². The van der Waals surface area contributed by atoms with Gasteiger partial charge >= 0.3 is 0 Å². The minimum absolute atomic E-state index is 0.00168. The molecule has 0 aliphatic rings. The zero-order valence-corrected chi connectivity index (χ0v) is 13.4. The van der Waals surface area contributed by atoms with Gasteiger partial charge in [-0.25, -0.2) is 4.98 Å². The second-order valence-electron chi connectivity index (χ2n) is 5.10. The fraction of sp³-hybridized carbons (Fsp3) is 0.375. The molecule has 21 heavy (non-hydrogen) atoms. The number of carbonyl (C=O) groups is 1. The van der Waals surface area contributed by atoms with Crippen molar-refractivity contribution in [2.45, 2.75) is 39.7 Å². The monoisotopic (exact) mass is 304 g/mol. The van der Waals surface area contributed by atoms with Crippen molar-refractivity contribution in [1.29, 1.82) is 0 Å². The lowest BCUT2D eigenvalue weighted by atomic mass is 10.2. The van der Waals surface area contributed by atoms with Crippen LogP contribution in [-0.4, -0.2) is 17.0 Å². The quantitative estimate of drug-likeness (QED) is 0.883. The van der Waals surface area contributed by atoms with Crippen LogP contribution in [0.5, 0.6) is 5.75 Å². The fourth-order valence-electron chi connectivity index (χ4n) is 1.88. The van der Waals surface area contributed by atoms with Crippen molar-refractivity contribution in [3.63, 3.8) is 0 Å². The Labute approximate surface area is 129 Å². The fourth-order valence-corrected chi connectivity index (χ4v) is 2.52. The van der Waals surface area contributed by atoms with E-state index in [1.807, 2.05) is 50.4 Å². The van der Waals surface area contributed by atoms with Crippen LogP contribution in [0.1, 0.15) is 31.0 Å². The van der Waals surface area contributed by atoms with Crippen LogP contribution in [0.3, 0.4) is 0 Å². The van der Waals surface area contributed by atoms with Crippen LogP contribution in [0.4, 0.5) is 5.69 Å². The summed E-state index contributed by atoms with van der Waals surface area (Å²) in [5.74, 6) is 0.805. The molecule has 5 heteroatoms. The number of nitrogens with one attached hydrogen (secondary N) is 1. The topological polar surface area (TPSA) is 51.2 Å². The normalized spacial score (nSPS) is 10.7. The van der Waals surface area contributed by atoms with Crippen molar-refractivity contribution >= 4 is 22.9 Å². The largest absolute Gasteiger partial charge is 0.491 e. The minimum atomic E-state index is -0.00168. The number of rotatable bonds is 6. The molecule has 4 nitrogen and oxygen atoms in total. The molecule has 0 bridgehead atoms. The maximum Gasteiger partial charge on any atom is 0.224 e. The van der Waals surface area contributed by atoms with Crippen molar-refractivity contribution in [1.82, 2.24) is 4.98 Å². The summed E-state index contributed by atoms with van der Waals surface area (Å²) in [7, 11) is 0. The van der Waals surface area contributed by atoms with Gasteiger partial charge in [0.15, 0.2) is 0 Å². The van der Waals surface area contributed by atoms with Gasteiger partial charge in [-0.1, -0.05) is 0 Å². The molecule has 2 rings (SSSR count). The van der Waals surface area contributed by atoms with E-state index in [4.69, 9.17) is 4.74 Å². The molecule has 1 N–H and O–H groups in total. The summed E-state index contributed by atoms with van der Waals surface area (Å²) < 4.78 is 5.56. The molecule has 0 unspecified atom stereocenters. The van der Waals surface area contributed by atoms with Gasteiger partial charge in [0.05, 0.1) is 16.8 Å². The molecule has 0 aliphatic carbocycles. The number of aromatic nitrogens is 1. The van der Waals surface area contributed by atoms with Crippen LogP contribution < -0.4 is 10.1 Å². The summed E-state index contributed by atoms with van der Waals surface area (Å²) in [6, 6.07) is 7.42. The number of benzene rings is 1. The SMILES string of the molecule is Cc1nc(CCC(=O)Nc2ccc(OC(C)C)cc2)cs1. The second-order valence-corrected chi connectivity index (χ2v) is 6.16. The maximum absolute atomic E-state index is 11.9. The first-order valence-corrected chi connectivity index (χ1v) is 7.88. The van der Waals surface area contributed by atoms with Crippen molar-refractivity contribution < 1.29 is 9.53 Å². The molecule has 0 saturated heterocycles. The first kappa shape index (κ1) is 15.5. The summed E-state index contributed by atoms with van der Waals surface area (Å²) >= 11 is 1.61. The van der Waals surface area contributed by atoms with Gasteiger partial charge in [-0.15, -0.1) is 11.3 Å². The third-order valence-corrected chi connectivity index (χ3v) is 3.61. The summed E-state index contributed by atoms with van der Waals surface area (Å²) in [5.41, 5.74) is 1.76. The third kappa shape index (κ3) is 5.19. The smallest absolute Gasteiger partial charge is 0.224 e. The Hall–Kier alpha value is -1.88. The zero-order chi connectivity index (χ0) is 15.2. The predicted octanol–water partition coefficient (Wildman–Crippen LogP) is 3.81. The van der Waals surface area contributed by atoms with E-state index in [-0.39, 0.29) is 12.0 Å². The van der Waals surface area contributed by atoms with Crippen LogP contribution in [0.15, 0.2) is 29.6 Å². The number of amides is 1. The molecule has 0 fully saturated rings. The predicted molar refractivity (Wildman–Crippen MR) is 86.0 cm³/mol. The van der Waals surface area contributed by atoms with Gasteiger partial charge in [0, 0.05) is 17.5 Å². The highest BCUT2D eigenvalue weighted by molar-refractivity contribution is 7.09. The Kier molecular flexibility index (Phi) is 5.33. The van der Waals surface area contributed by atoms with Gasteiger partial charge in [0.2, 0.25) is 5.91 Å². The average Bonchev–Trinajstić information content (AvgIpc) is 2.84. The van der Waals surface area contributed by atoms with E-state index in [9.17, 15) is 4.79 Å². The Morgan fingerprint density at radius 1 is 1.33 bits per heavy atom. The standard InChI is InChI=1S/C16H20N2O2S/c1-11(2)20-15-7-4-13(5-8-15)18-16(19)9-6-14-10-21-12(3)17-14/h4-5,7-8,10-11H,6,9H2,1-3H3,(H,18,19). The number of hydrogen-bond acceptors (Lipinski definition) is 4. The molecule has 1 aromatic heterocycles. The van der Waals surface area contributed by atoms with Crippen molar-refractivity contribution in [3.05, 3.63) is 40.3 Å². The van der Waals surface area contributed by atoms with E-state index in [0.717, 1.165) is 22.1 Å². The third-order valence-electron chi connectivity index (χ3n) is 2.78. The number of ether oxygens (including phenoxy) is 1. The maximum atomic E-state index is 11.9. The molecule has 1 heterocycles. The molecule has 0 aliphatic heterocycles. The van der Waals surface area contributed by atoms with Gasteiger partial charge < -0.3 is 10.1 Å². The molecule has 1 aromatic carbocycles. The first-order chi connectivity index (χ1) is 10.0. The Balaban J connectivity index is 1.82. The van der Waals surface area contributed by atoms with E-state index in [2.05, 4.69) is 10.3 Å². The summed E-state index contributed by atoms with van der Waals surface area (Å²) in [4.78, 5) is 16.2. The van der Waals surface area contributed by atoms with Crippen LogP contribution in [0, 0.1) is 6.92 Å². The molecule has 112 valence electrons. The lowest BCUT2D eigenvalue weighted by Gasteiger charge is -2.10. The highest BCUT2D eigenvalue weighted by Gasteiger charge is 2.06. The number of nitrogens with zero attached hydrogens (tertiary/aromatic N) is 1. The van der Waals surface area contributed by atoms with Gasteiger partial charge in [-0.2, -0.15) is 0 Å². The Morgan fingerprint density at radius 2 is 2.05 bits per heavy atom. The van der Waals surface area contributed by atoms with Gasteiger partial charge in [0.1, 0.15) is 5.75 Å². The highest BCUT2D eigenvalue weighted by atomic mass is 32.1. The average molecular weight is 304 g/mol. The minimum Gasteiger partial charge on any atom is -0.491 e. The molecule has 0 saturated carbocycles. The Bertz CT molecular complexity index is 591. The van der Waals surface area contributed by atoms with Crippen LogP contribution in [0.25, 0.3) is 0 Å². The molecule has 0 radical (unpaired) electrons. The number of aryl methyl sites for hydroxylation is 2. The van der Waals surface area contributed by atoms with Crippen molar-refractivity contribution in [3.8, 4) is 5.75 Å². The molecule has 0 atom stereocenters. The van der Waals surface area contributed by atoms with Gasteiger partial charge in [-0.3, -0.25) is 4.79 Å². The van der Waals surface area contributed by atoms with E-state index < -0.39 is 0 Å². The second kappa shape index (κ2) is 7.22. The molecule has 1 amide bonds. The molecule has 2 aromatic rings. The van der Waals surface area contributed by atoms with Gasteiger partial charge in [0.25, 0.3) is 0 Å². The number of thiazole rings is 1. The van der Waals surface area contributed by atoms with Gasteiger partial charge in [-0.05, 0) is 51.5 Å². The van der Waals surface area contributed by atoms with E-state index >= 15 is 0 Å². The Morgan fingerprint density at radius 3 is 2.62 bits per heavy atom. The highest BCUT2D eigenvalue weighted by Crippen LogP contribution is 2.17. The first-order valence-electron chi connectivity index (χ1n) is 7.00. The molecule has 0 spiro atoms. The van der Waals surface area contributed by atoms with Crippen molar-refractivity contribution in [2.24, 2.45) is 0 Å². The number of carbonyl (C=O) groups excluding carboxylic acids is 1. The lowest BCUT2D eigenvalue weighted by Crippen LogP contribution is -2.12. The molecular formula is C16H20N2O2S. The summed E-state index contributed by atoms with van der Waals surface area (Å²) in [6.45, 7) is 5.93.